The Kier molecular flexibility index (Phi) is 5.48. The van der Waals surface area contributed by atoms with Crippen LogP contribution in [0.5, 0.6) is 0 Å². The van der Waals surface area contributed by atoms with Crippen LogP contribution in [0.15, 0.2) is 18.2 Å². The second-order valence-electron chi connectivity index (χ2n) is 6.00. The van der Waals surface area contributed by atoms with Crippen molar-refractivity contribution in [3.8, 4) is 11.4 Å². The second-order valence-corrected chi connectivity index (χ2v) is 6.41. The number of carbonyl (C=O) groups is 1. The lowest BCUT2D eigenvalue weighted by molar-refractivity contribution is -0.116. The van der Waals surface area contributed by atoms with E-state index >= 15 is 0 Å². The minimum Gasteiger partial charge on any atom is -0.326 e. The van der Waals surface area contributed by atoms with Crippen LogP contribution in [0.1, 0.15) is 31.5 Å². The zero-order valence-electron chi connectivity index (χ0n) is 13.8. The predicted molar refractivity (Wildman–Crippen MR) is 95.2 cm³/mol. The molecule has 0 radical (unpaired) electrons. The van der Waals surface area contributed by atoms with Gasteiger partial charge >= 0.3 is 0 Å². The van der Waals surface area contributed by atoms with E-state index in [1.807, 2.05) is 19.2 Å². The molecule has 0 spiro atoms. The van der Waals surface area contributed by atoms with Gasteiger partial charge in [-0.1, -0.05) is 18.0 Å². The Labute approximate surface area is 146 Å². The summed E-state index contributed by atoms with van der Waals surface area (Å²) in [6.07, 6.45) is 4.85. The van der Waals surface area contributed by atoms with E-state index in [9.17, 15) is 4.79 Å². The summed E-state index contributed by atoms with van der Waals surface area (Å²) in [6.45, 7) is 1.55. The number of aryl methyl sites for hydroxylation is 1. The van der Waals surface area contributed by atoms with Crippen LogP contribution in [0.2, 0.25) is 5.02 Å². The van der Waals surface area contributed by atoms with E-state index < -0.39 is 0 Å². The van der Waals surface area contributed by atoms with Gasteiger partial charge in [0.05, 0.1) is 5.02 Å². The van der Waals surface area contributed by atoms with Gasteiger partial charge in [0, 0.05) is 37.2 Å². The predicted octanol–water partition coefficient (Wildman–Crippen LogP) is 2.87. The molecule has 0 unspecified atom stereocenters. The first-order chi connectivity index (χ1) is 11.7. The molecule has 24 heavy (non-hydrogen) atoms. The van der Waals surface area contributed by atoms with Crippen molar-refractivity contribution in [1.29, 1.82) is 0 Å². The highest BCUT2D eigenvalue weighted by atomic mass is 35.5. The Morgan fingerprint density at radius 3 is 3.00 bits per heavy atom. The quantitative estimate of drug-likeness (QED) is 0.872. The van der Waals surface area contributed by atoms with Crippen molar-refractivity contribution in [2.75, 3.05) is 18.9 Å². The molecule has 128 valence electrons. The number of anilines is 1. The molecule has 0 fully saturated rings. The van der Waals surface area contributed by atoms with E-state index in [2.05, 4.69) is 25.4 Å². The Morgan fingerprint density at radius 1 is 1.29 bits per heavy atom. The number of carbonyl (C=O) groups excluding carboxylic acids is 1. The highest BCUT2D eigenvalue weighted by molar-refractivity contribution is 6.33. The molecule has 2 heterocycles. The summed E-state index contributed by atoms with van der Waals surface area (Å²) in [5.74, 6) is 1.77. The fourth-order valence-corrected chi connectivity index (χ4v) is 3.12. The van der Waals surface area contributed by atoms with Crippen molar-refractivity contribution in [3.05, 3.63) is 29.0 Å². The second kappa shape index (κ2) is 7.77. The van der Waals surface area contributed by atoms with Crippen molar-refractivity contribution in [1.82, 2.24) is 20.1 Å². The summed E-state index contributed by atoms with van der Waals surface area (Å²) in [7, 11) is 1.82. The number of benzene rings is 1. The molecule has 1 amide bonds. The third-order valence-electron chi connectivity index (χ3n) is 4.20. The summed E-state index contributed by atoms with van der Waals surface area (Å²) in [6, 6.07) is 5.48. The van der Waals surface area contributed by atoms with Crippen molar-refractivity contribution in [2.24, 2.45) is 0 Å². The summed E-state index contributed by atoms with van der Waals surface area (Å²) in [4.78, 5) is 11.9. The maximum absolute atomic E-state index is 11.9. The highest BCUT2D eigenvalue weighted by Crippen LogP contribution is 2.31. The molecule has 1 aromatic carbocycles. The molecule has 1 aliphatic heterocycles. The molecule has 2 N–H and O–H groups in total. The molecule has 1 aliphatic rings. The zero-order valence-corrected chi connectivity index (χ0v) is 14.6. The number of rotatable bonds is 5. The number of halogens is 1. The number of nitrogens with one attached hydrogen (secondary N) is 2. The molecule has 2 aromatic rings. The van der Waals surface area contributed by atoms with Gasteiger partial charge in [0.25, 0.3) is 0 Å². The monoisotopic (exact) mass is 347 g/mol. The van der Waals surface area contributed by atoms with Gasteiger partial charge in [0.1, 0.15) is 5.82 Å². The SMILES string of the molecule is CNCCC(=O)Nc1ccc(Cl)c(-c2nnc3n2CCCCC3)c1. The standard InChI is InChI=1S/C17H22ClN5O/c1-19-9-8-16(24)20-12-6-7-14(18)13(11-12)17-22-21-15-5-3-2-4-10-23(15)17/h6-7,11,19H,2-5,8-10H2,1H3,(H,20,24). The average Bonchev–Trinajstić information content (AvgIpc) is 2.83. The highest BCUT2D eigenvalue weighted by Gasteiger charge is 2.18. The Bertz CT molecular complexity index is 728. The minimum atomic E-state index is -0.0299. The third-order valence-corrected chi connectivity index (χ3v) is 4.53. The maximum Gasteiger partial charge on any atom is 0.225 e. The Balaban J connectivity index is 1.87. The lowest BCUT2D eigenvalue weighted by Gasteiger charge is -2.11. The smallest absolute Gasteiger partial charge is 0.225 e. The maximum atomic E-state index is 11.9. The molecule has 7 heteroatoms. The van der Waals surface area contributed by atoms with Gasteiger partial charge in [0.15, 0.2) is 5.82 Å². The number of aromatic nitrogens is 3. The van der Waals surface area contributed by atoms with Crippen molar-refractivity contribution >= 4 is 23.2 Å². The number of hydrogen-bond acceptors (Lipinski definition) is 4. The molecule has 0 saturated carbocycles. The van der Waals surface area contributed by atoms with Gasteiger partial charge in [-0.15, -0.1) is 10.2 Å². The Morgan fingerprint density at radius 2 is 2.17 bits per heavy atom. The van der Waals surface area contributed by atoms with Crippen molar-refractivity contribution < 1.29 is 4.79 Å². The van der Waals surface area contributed by atoms with E-state index in [0.29, 0.717) is 18.0 Å². The van der Waals surface area contributed by atoms with Crippen molar-refractivity contribution in [2.45, 2.75) is 38.6 Å². The number of hydrogen-bond donors (Lipinski definition) is 2. The average molecular weight is 348 g/mol. The first kappa shape index (κ1) is 16.9. The first-order valence-corrected chi connectivity index (χ1v) is 8.73. The normalized spacial score (nSPS) is 14.1. The van der Waals surface area contributed by atoms with Crippen LogP contribution in [0.25, 0.3) is 11.4 Å². The summed E-state index contributed by atoms with van der Waals surface area (Å²) >= 11 is 6.39. The van der Waals surface area contributed by atoms with Gasteiger partial charge in [-0.2, -0.15) is 0 Å². The molecule has 6 nitrogen and oxygen atoms in total. The van der Waals surface area contributed by atoms with E-state index in [0.717, 1.165) is 48.7 Å². The minimum absolute atomic E-state index is 0.0299. The van der Waals surface area contributed by atoms with Gasteiger partial charge in [-0.3, -0.25) is 4.79 Å². The molecule has 3 rings (SSSR count). The lowest BCUT2D eigenvalue weighted by atomic mass is 10.1. The number of nitrogens with zero attached hydrogens (tertiary/aromatic N) is 3. The summed E-state index contributed by atoms with van der Waals surface area (Å²) < 4.78 is 2.15. The molecular formula is C17H22ClN5O. The van der Waals surface area contributed by atoms with Gasteiger partial charge in [-0.25, -0.2) is 0 Å². The van der Waals surface area contributed by atoms with Crippen LogP contribution in [0, 0.1) is 0 Å². The van der Waals surface area contributed by atoms with Gasteiger partial charge in [-0.05, 0) is 38.1 Å². The van der Waals surface area contributed by atoms with Gasteiger partial charge in [0.2, 0.25) is 5.91 Å². The van der Waals surface area contributed by atoms with E-state index in [-0.39, 0.29) is 5.91 Å². The molecular weight excluding hydrogens is 326 g/mol. The number of fused-ring (bicyclic) bond motifs is 1. The number of amides is 1. The van der Waals surface area contributed by atoms with Crippen LogP contribution < -0.4 is 10.6 Å². The van der Waals surface area contributed by atoms with Crippen LogP contribution in [-0.2, 0) is 17.8 Å². The molecule has 0 bridgehead atoms. The largest absolute Gasteiger partial charge is 0.326 e. The van der Waals surface area contributed by atoms with Crippen LogP contribution in [0.3, 0.4) is 0 Å². The summed E-state index contributed by atoms with van der Waals surface area (Å²) in [5.41, 5.74) is 1.53. The third kappa shape index (κ3) is 3.76. The first-order valence-electron chi connectivity index (χ1n) is 8.35. The molecule has 0 saturated heterocycles. The van der Waals surface area contributed by atoms with Crippen LogP contribution in [0.4, 0.5) is 5.69 Å². The van der Waals surface area contributed by atoms with E-state index in [1.165, 1.54) is 6.42 Å². The fraction of sp³-hybridized carbons (Fsp3) is 0.471. The van der Waals surface area contributed by atoms with Crippen LogP contribution in [-0.4, -0.2) is 34.3 Å². The Hall–Kier alpha value is -1.92. The zero-order chi connectivity index (χ0) is 16.9. The summed E-state index contributed by atoms with van der Waals surface area (Å²) in [5, 5.41) is 15.2. The van der Waals surface area contributed by atoms with Gasteiger partial charge < -0.3 is 15.2 Å². The van der Waals surface area contributed by atoms with E-state index in [4.69, 9.17) is 11.6 Å². The van der Waals surface area contributed by atoms with Crippen molar-refractivity contribution in [3.63, 3.8) is 0 Å². The fourth-order valence-electron chi connectivity index (χ4n) is 2.92. The topological polar surface area (TPSA) is 71.8 Å². The van der Waals surface area contributed by atoms with E-state index in [1.54, 1.807) is 6.07 Å². The molecule has 0 aliphatic carbocycles. The lowest BCUT2D eigenvalue weighted by Crippen LogP contribution is -2.18. The molecule has 1 aromatic heterocycles. The molecule has 0 atom stereocenters. The van der Waals surface area contributed by atoms with Crippen LogP contribution >= 0.6 is 11.6 Å².